The molecule has 0 atom stereocenters. The van der Waals surface area contributed by atoms with E-state index in [2.05, 4.69) is 4.98 Å². The van der Waals surface area contributed by atoms with Crippen LogP contribution in [-0.4, -0.2) is 9.55 Å². The summed E-state index contributed by atoms with van der Waals surface area (Å²) in [5, 5.41) is 0.652. The van der Waals surface area contributed by atoms with Crippen molar-refractivity contribution < 1.29 is 0 Å². The molecule has 0 bridgehead atoms. The molecule has 1 aliphatic rings. The summed E-state index contributed by atoms with van der Waals surface area (Å²) in [6.07, 6.45) is 3.06. The fourth-order valence-corrected chi connectivity index (χ4v) is 3.93. The summed E-state index contributed by atoms with van der Waals surface area (Å²) in [4.78, 5) is 29.6. The first-order valence-corrected chi connectivity index (χ1v) is 8.34. The Kier molecular flexibility index (Phi) is 3.22. The molecule has 2 aromatic heterocycles. The topological polar surface area (TPSA) is 54.9 Å². The molecule has 4 nitrogen and oxygen atoms in total. The van der Waals surface area contributed by atoms with Gasteiger partial charge in [0.25, 0.3) is 5.56 Å². The molecule has 0 saturated heterocycles. The van der Waals surface area contributed by atoms with Crippen LogP contribution >= 0.6 is 11.3 Å². The lowest BCUT2D eigenvalue weighted by molar-refractivity contribution is 0.637. The van der Waals surface area contributed by atoms with Gasteiger partial charge in [-0.2, -0.15) is 0 Å². The Hall–Kier alpha value is -2.14. The number of hydrogen-bond acceptors (Lipinski definition) is 3. The van der Waals surface area contributed by atoms with Gasteiger partial charge in [-0.1, -0.05) is 30.3 Å². The van der Waals surface area contributed by atoms with E-state index in [1.54, 1.807) is 11.3 Å². The smallest absolute Gasteiger partial charge is 0.298 e. The van der Waals surface area contributed by atoms with Crippen LogP contribution < -0.4 is 11.2 Å². The first kappa shape index (κ1) is 13.5. The van der Waals surface area contributed by atoms with Crippen molar-refractivity contribution in [2.45, 2.75) is 31.7 Å². The molecule has 1 saturated carbocycles. The van der Waals surface area contributed by atoms with Crippen LogP contribution in [0.2, 0.25) is 0 Å². The lowest BCUT2D eigenvalue weighted by Gasteiger charge is -2.04. The minimum absolute atomic E-state index is 0.169. The highest BCUT2D eigenvalue weighted by Crippen LogP contribution is 2.44. The van der Waals surface area contributed by atoms with Crippen molar-refractivity contribution in [3.63, 3.8) is 0 Å². The third-order valence-corrected chi connectivity index (χ3v) is 5.35. The number of aromatic amines is 1. The standard InChI is InChI=1S/C17H16N2O2S/c20-16-13-10-14(12-6-7-12)22-15(13)18-17(21)19(16)9-8-11-4-2-1-3-5-11/h1-5,10,12H,6-9H2,(H,18,21). The molecule has 4 rings (SSSR count). The van der Waals surface area contributed by atoms with Crippen LogP contribution in [0.3, 0.4) is 0 Å². The van der Waals surface area contributed by atoms with Crippen molar-refractivity contribution in [3.05, 3.63) is 67.7 Å². The van der Waals surface area contributed by atoms with Gasteiger partial charge in [0.2, 0.25) is 0 Å². The summed E-state index contributed by atoms with van der Waals surface area (Å²) >= 11 is 1.55. The zero-order valence-electron chi connectivity index (χ0n) is 12.0. The SMILES string of the molecule is O=c1[nH]c2sc(C3CC3)cc2c(=O)n1CCc1ccccc1. The molecule has 0 unspecified atom stereocenters. The Morgan fingerprint density at radius 2 is 1.95 bits per heavy atom. The second-order valence-corrected chi connectivity index (χ2v) is 6.87. The Balaban J connectivity index is 1.71. The van der Waals surface area contributed by atoms with Gasteiger partial charge >= 0.3 is 5.69 Å². The number of hydrogen-bond donors (Lipinski definition) is 1. The maximum Gasteiger partial charge on any atom is 0.329 e. The van der Waals surface area contributed by atoms with E-state index >= 15 is 0 Å². The van der Waals surface area contributed by atoms with Crippen LogP contribution in [-0.2, 0) is 13.0 Å². The number of benzene rings is 1. The molecule has 3 aromatic rings. The van der Waals surface area contributed by atoms with E-state index < -0.39 is 0 Å². The third kappa shape index (κ3) is 2.41. The number of fused-ring (bicyclic) bond motifs is 1. The normalized spacial score (nSPS) is 14.5. The quantitative estimate of drug-likeness (QED) is 0.805. The maximum atomic E-state index is 12.6. The number of aryl methyl sites for hydroxylation is 1. The fraction of sp³-hybridized carbons (Fsp3) is 0.294. The first-order chi connectivity index (χ1) is 10.7. The summed E-state index contributed by atoms with van der Waals surface area (Å²) in [5.41, 5.74) is 0.647. The Labute approximate surface area is 131 Å². The summed E-state index contributed by atoms with van der Waals surface area (Å²) in [6, 6.07) is 11.9. The molecular weight excluding hydrogens is 296 g/mol. The minimum atomic E-state index is -0.308. The van der Waals surface area contributed by atoms with Crippen LogP contribution in [0, 0.1) is 0 Å². The van der Waals surface area contributed by atoms with Crippen molar-refractivity contribution >= 4 is 21.6 Å². The number of thiophene rings is 1. The second kappa shape index (κ2) is 5.25. The van der Waals surface area contributed by atoms with E-state index in [4.69, 9.17) is 0 Å². The van der Waals surface area contributed by atoms with Crippen LogP contribution in [0.4, 0.5) is 0 Å². The van der Waals surface area contributed by atoms with Gasteiger partial charge in [0.1, 0.15) is 4.83 Å². The molecule has 0 aliphatic heterocycles. The van der Waals surface area contributed by atoms with E-state index in [9.17, 15) is 9.59 Å². The number of aromatic nitrogens is 2. The Morgan fingerprint density at radius 1 is 1.18 bits per heavy atom. The molecule has 1 aliphatic carbocycles. The van der Waals surface area contributed by atoms with Crippen LogP contribution in [0.15, 0.2) is 46.0 Å². The van der Waals surface area contributed by atoms with Gasteiger partial charge in [0.05, 0.1) is 5.39 Å². The lowest BCUT2D eigenvalue weighted by atomic mass is 10.1. The van der Waals surface area contributed by atoms with Crippen molar-refractivity contribution in [2.24, 2.45) is 0 Å². The zero-order chi connectivity index (χ0) is 15.1. The molecular formula is C17H16N2O2S. The molecule has 1 fully saturated rings. The summed E-state index contributed by atoms with van der Waals surface area (Å²) < 4.78 is 1.32. The lowest BCUT2D eigenvalue weighted by Crippen LogP contribution is -2.35. The van der Waals surface area contributed by atoms with Gasteiger partial charge in [-0.05, 0) is 36.8 Å². The fourth-order valence-electron chi connectivity index (χ4n) is 2.72. The van der Waals surface area contributed by atoms with Gasteiger partial charge in [-0.25, -0.2) is 4.79 Å². The number of H-pyrrole nitrogens is 1. The predicted molar refractivity (Wildman–Crippen MR) is 88.8 cm³/mol. The van der Waals surface area contributed by atoms with E-state index in [1.807, 2.05) is 36.4 Å². The molecule has 0 radical (unpaired) electrons. The summed E-state index contributed by atoms with van der Waals surface area (Å²) in [6.45, 7) is 0.405. The van der Waals surface area contributed by atoms with E-state index in [1.165, 1.54) is 22.3 Å². The monoisotopic (exact) mass is 312 g/mol. The van der Waals surface area contributed by atoms with Crippen molar-refractivity contribution in [2.75, 3.05) is 0 Å². The molecule has 0 spiro atoms. The molecule has 2 heterocycles. The van der Waals surface area contributed by atoms with Crippen LogP contribution in [0.5, 0.6) is 0 Å². The van der Waals surface area contributed by atoms with Crippen molar-refractivity contribution in [1.29, 1.82) is 0 Å². The van der Waals surface area contributed by atoms with Crippen molar-refractivity contribution in [3.8, 4) is 0 Å². The average Bonchev–Trinajstić information content (AvgIpc) is 3.29. The summed E-state index contributed by atoms with van der Waals surface area (Å²) in [5.74, 6) is 0.595. The van der Waals surface area contributed by atoms with Gasteiger partial charge in [0.15, 0.2) is 0 Å². The molecule has 22 heavy (non-hydrogen) atoms. The Morgan fingerprint density at radius 3 is 2.68 bits per heavy atom. The average molecular weight is 312 g/mol. The van der Waals surface area contributed by atoms with Crippen LogP contribution in [0.25, 0.3) is 10.2 Å². The van der Waals surface area contributed by atoms with Gasteiger partial charge in [-0.3, -0.25) is 14.3 Å². The minimum Gasteiger partial charge on any atom is -0.298 e. The predicted octanol–water partition coefficient (Wildman–Crippen LogP) is 2.87. The van der Waals surface area contributed by atoms with E-state index in [-0.39, 0.29) is 11.2 Å². The number of nitrogens with one attached hydrogen (secondary N) is 1. The van der Waals surface area contributed by atoms with E-state index in [0.29, 0.717) is 29.1 Å². The highest BCUT2D eigenvalue weighted by Gasteiger charge is 2.26. The third-order valence-electron chi connectivity index (χ3n) is 4.14. The molecule has 1 aromatic carbocycles. The van der Waals surface area contributed by atoms with Crippen LogP contribution in [0.1, 0.15) is 29.2 Å². The van der Waals surface area contributed by atoms with Crippen molar-refractivity contribution in [1.82, 2.24) is 9.55 Å². The highest BCUT2D eigenvalue weighted by atomic mass is 32.1. The first-order valence-electron chi connectivity index (χ1n) is 7.53. The van der Waals surface area contributed by atoms with E-state index in [0.717, 1.165) is 5.56 Å². The van der Waals surface area contributed by atoms with Gasteiger partial charge < -0.3 is 0 Å². The zero-order valence-corrected chi connectivity index (χ0v) is 12.9. The number of rotatable bonds is 4. The number of nitrogens with zero attached hydrogens (tertiary/aromatic N) is 1. The second-order valence-electron chi connectivity index (χ2n) is 5.79. The largest absolute Gasteiger partial charge is 0.329 e. The highest BCUT2D eigenvalue weighted by molar-refractivity contribution is 7.18. The molecule has 112 valence electrons. The molecule has 0 amide bonds. The van der Waals surface area contributed by atoms with Gasteiger partial charge in [0, 0.05) is 11.4 Å². The molecule has 5 heteroatoms. The Bertz CT molecular complexity index is 933. The maximum absolute atomic E-state index is 12.6. The molecule has 1 N–H and O–H groups in total. The van der Waals surface area contributed by atoms with Gasteiger partial charge in [-0.15, -0.1) is 11.3 Å². The summed E-state index contributed by atoms with van der Waals surface area (Å²) in [7, 11) is 0.